The number of rotatable bonds is 3. The molecule has 0 N–H and O–H groups in total. The lowest BCUT2D eigenvalue weighted by molar-refractivity contribution is 0.641. The van der Waals surface area contributed by atoms with Gasteiger partial charge in [0, 0.05) is 27.8 Å². The molecule has 0 unspecified atom stereocenters. The monoisotopic (exact) mass is 449 g/mol. The molecule has 0 amide bonds. The summed E-state index contributed by atoms with van der Waals surface area (Å²) in [6, 6.07) is 45.2. The molecule has 1 aliphatic rings. The number of para-hydroxylation sites is 1. The highest BCUT2D eigenvalue weighted by atomic mass is 15.0. The highest BCUT2D eigenvalue weighted by molar-refractivity contribution is 6.11. The normalized spacial score (nSPS) is 13.9. The molecule has 1 heterocycles. The fraction of sp³-hybridized carbons (Fsp3) is 0.118. The second-order valence-corrected chi connectivity index (χ2v) is 9.92. The highest BCUT2D eigenvalue weighted by Gasteiger charge is 2.46. The van der Waals surface area contributed by atoms with E-state index in [4.69, 9.17) is 0 Å². The fourth-order valence-electron chi connectivity index (χ4n) is 6.49. The summed E-state index contributed by atoms with van der Waals surface area (Å²) in [6.45, 7) is 4.57. The van der Waals surface area contributed by atoms with Crippen molar-refractivity contribution in [1.29, 1.82) is 0 Å². The molecule has 35 heavy (non-hydrogen) atoms. The van der Waals surface area contributed by atoms with Crippen molar-refractivity contribution in [2.45, 2.75) is 25.3 Å². The molecule has 1 aromatic heterocycles. The highest BCUT2D eigenvalue weighted by Crippen LogP contribution is 2.57. The third-order valence-corrected chi connectivity index (χ3v) is 7.80. The molecule has 0 aliphatic heterocycles. The van der Waals surface area contributed by atoms with Gasteiger partial charge in [-0.05, 0) is 65.4 Å². The standard InChI is InChI=1S/C34H27N/c1-23(2)35-32-20-12-10-18-27(32)29-21-28-26-17-9-11-19-30(26)34(31(28)22-33(29)35,24-13-5-3-6-14-24)25-15-7-4-8-16-25/h3-23H,1-2H3. The molecule has 0 saturated carbocycles. The molecule has 0 saturated heterocycles. The van der Waals surface area contributed by atoms with E-state index in [0.717, 1.165) is 0 Å². The number of fused-ring (bicyclic) bond motifs is 6. The topological polar surface area (TPSA) is 4.93 Å². The molecule has 6 aromatic rings. The molecular formula is C34H27N. The summed E-state index contributed by atoms with van der Waals surface area (Å²) in [5.74, 6) is 0. The van der Waals surface area contributed by atoms with Crippen LogP contribution < -0.4 is 0 Å². The zero-order valence-electron chi connectivity index (χ0n) is 20.1. The van der Waals surface area contributed by atoms with E-state index in [1.54, 1.807) is 0 Å². The maximum absolute atomic E-state index is 2.51. The van der Waals surface area contributed by atoms with Crippen LogP contribution in [0.15, 0.2) is 121 Å². The van der Waals surface area contributed by atoms with Crippen LogP contribution in [0, 0.1) is 0 Å². The van der Waals surface area contributed by atoms with Crippen LogP contribution in [-0.2, 0) is 5.41 Å². The van der Waals surface area contributed by atoms with Gasteiger partial charge in [-0.25, -0.2) is 0 Å². The van der Waals surface area contributed by atoms with Gasteiger partial charge in [0.2, 0.25) is 0 Å². The molecule has 0 radical (unpaired) electrons. The summed E-state index contributed by atoms with van der Waals surface area (Å²) in [5, 5.41) is 2.66. The molecule has 1 heteroatoms. The first kappa shape index (κ1) is 20.3. The first-order chi connectivity index (χ1) is 17.2. The zero-order valence-corrected chi connectivity index (χ0v) is 20.1. The number of hydrogen-bond donors (Lipinski definition) is 0. The molecule has 7 rings (SSSR count). The van der Waals surface area contributed by atoms with E-state index < -0.39 is 0 Å². The number of hydrogen-bond acceptors (Lipinski definition) is 0. The van der Waals surface area contributed by atoms with Gasteiger partial charge < -0.3 is 4.57 Å². The maximum atomic E-state index is 2.51. The molecule has 1 nitrogen and oxygen atoms in total. The lowest BCUT2D eigenvalue weighted by Gasteiger charge is -2.34. The van der Waals surface area contributed by atoms with Crippen LogP contribution in [0.25, 0.3) is 32.9 Å². The molecule has 1 aliphatic carbocycles. The Bertz CT molecular complexity index is 1670. The summed E-state index contributed by atoms with van der Waals surface area (Å²) in [4.78, 5) is 0. The van der Waals surface area contributed by atoms with Crippen molar-refractivity contribution in [2.24, 2.45) is 0 Å². The summed E-state index contributed by atoms with van der Waals surface area (Å²) >= 11 is 0. The van der Waals surface area contributed by atoms with Crippen LogP contribution in [0.5, 0.6) is 0 Å². The van der Waals surface area contributed by atoms with Crippen molar-refractivity contribution < 1.29 is 0 Å². The largest absolute Gasteiger partial charge is 0.338 e. The van der Waals surface area contributed by atoms with Crippen molar-refractivity contribution in [3.05, 3.63) is 144 Å². The Morgan fingerprint density at radius 3 is 1.80 bits per heavy atom. The van der Waals surface area contributed by atoms with Gasteiger partial charge in [-0.1, -0.05) is 103 Å². The van der Waals surface area contributed by atoms with Crippen molar-refractivity contribution in [3.8, 4) is 11.1 Å². The van der Waals surface area contributed by atoms with Gasteiger partial charge in [-0.15, -0.1) is 0 Å². The third-order valence-electron chi connectivity index (χ3n) is 7.80. The van der Waals surface area contributed by atoms with E-state index in [-0.39, 0.29) is 5.41 Å². The van der Waals surface area contributed by atoms with Gasteiger partial charge in [-0.2, -0.15) is 0 Å². The first-order valence-corrected chi connectivity index (χ1v) is 12.5. The van der Waals surface area contributed by atoms with E-state index in [1.165, 1.54) is 55.2 Å². The average Bonchev–Trinajstić information content (AvgIpc) is 3.39. The van der Waals surface area contributed by atoms with Gasteiger partial charge in [0.1, 0.15) is 0 Å². The Balaban J connectivity index is 1.71. The van der Waals surface area contributed by atoms with E-state index in [1.807, 2.05) is 0 Å². The maximum Gasteiger partial charge on any atom is 0.0714 e. The third kappa shape index (κ3) is 2.64. The van der Waals surface area contributed by atoms with Crippen LogP contribution in [0.4, 0.5) is 0 Å². The Hall–Kier alpha value is -4.10. The van der Waals surface area contributed by atoms with E-state index in [0.29, 0.717) is 6.04 Å². The minimum Gasteiger partial charge on any atom is -0.338 e. The molecule has 0 fully saturated rings. The second kappa shape index (κ2) is 7.45. The molecule has 5 aromatic carbocycles. The molecule has 0 atom stereocenters. The molecule has 168 valence electrons. The fourth-order valence-corrected chi connectivity index (χ4v) is 6.49. The predicted octanol–water partition coefficient (Wildman–Crippen LogP) is 8.74. The van der Waals surface area contributed by atoms with E-state index >= 15 is 0 Å². The Labute approximate surface area is 206 Å². The minimum absolute atomic E-state index is 0.360. The molecule has 0 bridgehead atoms. The van der Waals surface area contributed by atoms with E-state index in [2.05, 4.69) is 140 Å². The van der Waals surface area contributed by atoms with Crippen molar-refractivity contribution >= 4 is 21.8 Å². The van der Waals surface area contributed by atoms with Crippen LogP contribution in [-0.4, -0.2) is 4.57 Å². The van der Waals surface area contributed by atoms with Gasteiger partial charge >= 0.3 is 0 Å². The smallest absolute Gasteiger partial charge is 0.0714 e. The van der Waals surface area contributed by atoms with Gasteiger partial charge in [0.05, 0.1) is 5.41 Å². The van der Waals surface area contributed by atoms with Gasteiger partial charge in [0.25, 0.3) is 0 Å². The predicted molar refractivity (Wildman–Crippen MR) is 147 cm³/mol. The minimum atomic E-state index is -0.360. The Morgan fingerprint density at radius 1 is 0.514 bits per heavy atom. The number of aromatic nitrogens is 1. The van der Waals surface area contributed by atoms with Crippen molar-refractivity contribution in [2.75, 3.05) is 0 Å². The zero-order chi connectivity index (χ0) is 23.6. The van der Waals surface area contributed by atoms with Gasteiger partial charge in [-0.3, -0.25) is 0 Å². The van der Waals surface area contributed by atoms with Crippen LogP contribution in [0.2, 0.25) is 0 Å². The number of nitrogens with zero attached hydrogens (tertiary/aromatic N) is 1. The average molecular weight is 450 g/mol. The Morgan fingerprint density at radius 2 is 1.11 bits per heavy atom. The summed E-state index contributed by atoms with van der Waals surface area (Å²) in [5.41, 5.74) is 10.3. The van der Waals surface area contributed by atoms with Crippen molar-refractivity contribution in [1.82, 2.24) is 4.57 Å². The summed E-state index contributed by atoms with van der Waals surface area (Å²) in [7, 11) is 0. The summed E-state index contributed by atoms with van der Waals surface area (Å²) in [6.07, 6.45) is 0. The molecular weight excluding hydrogens is 422 g/mol. The molecule has 0 spiro atoms. The van der Waals surface area contributed by atoms with Crippen molar-refractivity contribution in [3.63, 3.8) is 0 Å². The Kier molecular flexibility index (Phi) is 4.32. The quantitative estimate of drug-likeness (QED) is 0.254. The van der Waals surface area contributed by atoms with Gasteiger partial charge in [0.15, 0.2) is 0 Å². The van der Waals surface area contributed by atoms with Crippen LogP contribution in [0.1, 0.15) is 42.1 Å². The van der Waals surface area contributed by atoms with E-state index in [9.17, 15) is 0 Å². The lowest BCUT2D eigenvalue weighted by Crippen LogP contribution is -2.28. The first-order valence-electron chi connectivity index (χ1n) is 12.5. The SMILES string of the molecule is CC(C)n1c2ccccc2c2cc3c(cc21)C(c1ccccc1)(c1ccccc1)c1ccccc1-3. The lowest BCUT2D eigenvalue weighted by atomic mass is 9.67. The van der Waals surface area contributed by atoms with Crippen LogP contribution >= 0.6 is 0 Å². The summed E-state index contributed by atoms with van der Waals surface area (Å²) < 4.78 is 2.51. The second-order valence-electron chi connectivity index (χ2n) is 9.92. The van der Waals surface area contributed by atoms with Crippen LogP contribution in [0.3, 0.4) is 0 Å². The number of benzene rings is 5.